The molecule has 0 saturated heterocycles. The molecular weight excluding hydrogens is 246 g/mol. The van der Waals surface area contributed by atoms with Gasteiger partial charge in [-0.25, -0.2) is 0 Å². The van der Waals surface area contributed by atoms with Gasteiger partial charge in [0.25, 0.3) is 0 Å². The van der Waals surface area contributed by atoms with Gasteiger partial charge in [-0.05, 0) is 32.2 Å². The van der Waals surface area contributed by atoms with Crippen molar-refractivity contribution >= 4 is 11.9 Å². The monoisotopic (exact) mass is 273 g/mol. The number of carbonyl (C=O) groups is 2. The Morgan fingerprint density at radius 3 is 2.37 bits per heavy atom. The van der Waals surface area contributed by atoms with E-state index in [0.717, 1.165) is 12.8 Å². The van der Waals surface area contributed by atoms with Crippen LogP contribution >= 0.6 is 0 Å². The normalized spacial score (nSPS) is 13.7. The highest BCUT2D eigenvalue weighted by molar-refractivity contribution is 5.75. The lowest BCUT2D eigenvalue weighted by atomic mass is 9.99. The van der Waals surface area contributed by atoms with E-state index < -0.39 is 0 Å². The SMILES string of the molecule is CCC[C@@H](CN[C@@H](CC)C(=O)OC)CC(=O)OCC. The van der Waals surface area contributed by atoms with Gasteiger partial charge in [-0.2, -0.15) is 0 Å². The number of nitrogens with one attached hydrogen (secondary N) is 1. The molecule has 0 rings (SSSR count). The first-order valence-electron chi connectivity index (χ1n) is 7.05. The van der Waals surface area contributed by atoms with Crippen LogP contribution in [0, 0.1) is 5.92 Å². The van der Waals surface area contributed by atoms with Crippen molar-refractivity contribution in [1.29, 1.82) is 0 Å². The zero-order valence-corrected chi connectivity index (χ0v) is 12.5. The zero-order chi connectivity index (χ0) is 14.7. The van der Waals surface area contributed by atoms with Crippen molar-refractivity contribution in [2.45, 2.75) is 52.5 Å². The minimum absolute atomic E-state index is 0.172. The summed E-state index contributed by atoms with van der Waals surface area (Å²) in [6.07, 6.45) is 3.00. The average Bonchev–Trinajstić information content (AvgIpc) is 2.39. The van der Waals surface area contributed by atoms with Crippen molar-refractivity contribution in [3.05, 3.63) is 0 Å². The molecule has 0 aromatic rings. The summed E-state index contributed by atoms with van der Waals surface area (Å²) in [5.74, 6) is -0.231. The standard InChI is InChI=1S/C14H27NO4/c1-5-8-11(9-13(16)19-7-3)10-15-12(6-2)14(17)18-4/h11-12,15H,5-10H2,1-4H3/t11-,12+/m1/s1. The summed E-state index contributed by atoms with van der Waals surface area (Å²) < 4.78 is 9.68. The first-order valence-corrected chi connectivity index (χ1v) is 7.05. The van der Waals surface area contributed by atoms with Crippen molar-refractivity contribution in [3.63, 3.8) is 0 Å². The molecule has 0 aliphatic rings. The Balaban J connectivity index is 4.25. The lowest BCUT2D eigenvalue weighted by Crippen LogP contribution is -2.40. The molecule has 0 aromatic carbocycles. The highest BCUT2D eigenvalue weighted by atomic mass is 16.5. The molecule has 0 amide bonds. The zero-order valence-electron chi connectivity index (χ0n) is 12.5. The summed E-state index contributed by atoms with van der Waals surface area (Å²) in [5.41, 5.74) is 0. The van der Waals surface area contributed by atoms with Gasteiger partial charge < -0.3 is 14.8 Å². The second-order valence-electron chi connectivity index (χ2n) is 4.56. The number of hydrogen-bond donors (Lipinski definition) is 1. The summed E-state index contributed by atoms with van der Waals surface area (Å²) in [4.78, 5) is 23.0. The van der Waals surface area contributed by atoms with Crippen LogP contribution in [-0.2, 0) is 19.1 Å². The Hall–Kier alpha value is -1.10. The number of ether oxygens (including phenoxy) is 2. The minimum Gasteiger partial charge on any atom is -0.468 e. The first kappa shape index (κ1) is 17.9. The molecule has 1 N–H and O–H groups in total. The first-order chi connectivity index (χ1) is 9.08. The third-order valence-electron chi connectivity index (χ3n) is 3.00. The quantitative estimate of drug-likeness (QED) is 0.616. The fourth-order valence-corrected chi connectivity index (χ4v) is 1.99. The Bertz CT molecular complexity index is 268. The van der Waals surface area contributed by atoms with Gasteiger partial charge in [0.1, 0.15) is 6.04 Å². The van der Waals surface area contributed by atoms with Crippen LogP contribution in [0.2, 0.25) is 0 Å². The largest absolute Gasteiger partial charge is 0.468 e. The van der Waals surface area contributed by atoms with Crippen LogP contribution in [0.5, 0.6) is 0 Å². The Morgan fingerprint density at radius 1 is 1.21 bits per heavy atom. The second-order valence-corrected chi connectivity index (χ2v) is 4.56. The summed E-state index contributed by atoms with van der Waals surface area (Å²) in [6.45, 7) is 6.84. The van der Waals surface area contributed by atoms with E-state index in [4.69, 9.17) is 9.47 Å². The van der Waals surface area contributed by atoms with E-state index in [-0.39, 0.29) is 23.9 Å². The number of methoxy groups -OCH3 is 1. The van der Waals surface area contributed by atoms with E-state index in [0.29, 0.717) is 26.0 Å². The molecule has 0 aliphatic heterocycles. The van der Waals surface area contributed by atoms with Crippen LogP contribution in [0.25, 0.3) is 0 Å². The molecule has 5 nitrogen and oxygen atoms in total. The van der Waals surface area contributed by atoms with Crippen LogP contribution in [0.4, 0.5) is 0 Å². The number of carbonyl (C=O) groups excluding carboxylic acids is 2. The number of esters is 2. The van der Waals surface area contributed by atoms with Crippen LogP contribution in [0.3, 0.4) is 0 Å². The summed E-state index contributed by atoms with van der Waals surface area (Å²) in [6, 6.07) is -0.299. The molecule has 0 aromatic heterocycles. The molecule has 0 bridgehead atoms. The molecule has 5 heteroatoms. The lowest BCUT2D eigenvalue weighted by molar-refractivity contribution is -0.144. The van der Waals surface area contributed by atoms with E-state index >= 15 is 0 Å². The minimum atomic E-state index is -0.299. The molecular formula is C14H27NO4. The van der Waals surface area contributed by atoms with E-state index in [1.165, 1.54) is 7.11 Å². The molecule has 0 unspecified atom stereocenters. The predicted octanol–water partition coefficient (Wildman–Crippen LogP) is 1.90. The highest BCUT2D eigenvalue weighted by Crippen LogP contribution is 2.12. The molecule has 19 heavy (non-hydrogen) atoms. The Labute approximate surface area is 116 Å². The fraction of sp³-hybridized carbons (Fsp3) is 0.857. The second kappa shape index (κ2) is 10.8. The van der Waals surface area contributed by atoms with Crippen LogP contribution in [-0.4, -0.2) is 38.2 Å². The summed E-state index contributed by atoms with van der Waals surface area (Å²) in [5, 5.41) is 3.17. The maximum atomic E-state index is 11.5. The van der Waals surface area contributed by atoms with Gasteiger partial charge in [-0.1, -0.05) is 20.3 Å². The topological polar surface area (TPSA) is 64.6 Å². The smallest absolute Gasteiger partial charge is 0.322 e. The van der Waals surface area contributed by atoms with Crippen molar-refractivity contribution in [3.8, 4) is 0 Å². The highest BCUT2D eigenvalue weighted by Gasteiger charge is 2.20. The van der Waals surface area contributed by atoms with Crippen molar-refractivity contribution in [1.82, 2.24) is 5.32 Å². The van der Waals surface area contributed by atoms with E-state index in [1.807, 2.05) is 6.92 Å². The maximum Gasteiger partial charge on any atom is 0.322 e. The van der Waals surface area contributed by atoms with Gasteiger partial charge in [0.2, 0.25) is 0 Å². The molecule has 0 spiro atoms. The Kier molecular flexibility index (Phi) is 10.2. The molecule has 0 fully saturated rings. The van der Waals surface area contributed by atoms with Gasteiger partial charge >= 0.3 is 11.9 Å². The predicted molar refractivity (Wildman–Crippen MR) is 73.7 cm³/mol. The van der Waals surface area contributed by atoms with Gasteiger partial charge in [0, 0.05) is 6.42 Å². The van der Waals surface area contributed by atoms with Gasteiger partial charge in [-0.15, -0.1) is 0 Å². The maximum absolute atomic E-state index is 11.5. The molecule has 0 radical (unpaired) electrons. The van der Waals surface area contributed by atoms with Gasteiger partial charge in [0.15, 0.2) is 0 Å². The van der Waals surface area contributed by atoms with Crippen LogP contribution < -0.4 is 5.32 Å². The lowest BCUT2D eigenvalue weighted by Gasteiger charge is -2.20. The van der Waals surface area contributed by atoms with Gasteiger partial charge in [0.05, 0.1) is 13.7 Å². The fourth-order valence-electron chi connectivity index (χ4n) is 1.99. The molecule has 0 heterocycles. The summed E-state index contributed by atoms with van der Waals surface area (Å²) >= 11 is 0. The van der Waals surface area contributed by atoms with E-state index in [9.17, 15) is 9.59 Å². The van der Waals surface area contributed by atoms with Crippen LogP contribution in [0.15, 0.2) is 0 Å². The third-order valence-corrected chi connectivity index (χ3v) is 3.00. The molecule has 0 saturated carbocycles. The van der Waals surface area contributed by atoms with E-state index in [2.05, 4.69) is 12.2 Å². The van der Waals surface area contributed by atoms with Crippen molar-refractivity contribution < 1.29 is 19.1 Å². The number of rotatable bonds is 10. The van der Waals surface area contributed by atoms with Crippen molar-refractivity contribution in [2.75, 3.05) is 20.3 Å². The van der Waals surface area contributed by atoms with Gasteiger partial charge in [-0.3, -0.25) is 9.59 Å². The third kappa shape index (κ3) is 7.82. The average molecular weight is 273 g/mol. The molecule has 0 aliphatic carbocycles. The Morgan fingerprint density at radius 2 is 1.89 bits per heavy atom. The van der Waals surface area contributed by atoms with E-state index in [1.54, 1.807) is 6.92 Å². The van der Waals surface area contributed by atoms with Crippen LogP contribution in [0.1, 0.15) is 46.5 Å². The molecule has 112 valence electrons. The van der Waals surface area contributed by atoms with Crippen molar-refractivity contribution in [2.24, 2.45) is 5.92 Å². The summed E-state index contributed by atoms with van der Waals surface area (Å²) in [7, 11) is 1.38. The number of hydrogen-bond acceptors (Lipinski definition) is 5. The molecule has 2 atom stereocenters.